The number of rotatable bonds is 8. The van der Waals surface area contributed by atoms with E-state index in [1.54, 1.807) is 13.8 Å². The standard InChI is InChI=1S/C11H22N2O3/c1-3-10(14)8(2)16-11(15)9(13)6-4-5-7-12/h8-9H,3-7,12-13H2,1-2H3/t8?,9-/m0/s1. The number of carbonyl (C=O) groups is 2. The molecule has 0 aromatic rings. The van der Waals surface area contributed by atoms with Crippen molar-refractivity contribution in [3.63, 3.8) is 0 Å². The molecular weight excluding hydrogens is 208 g/mol. The molecule has 0 aliphatic rings. The van der Waals surface area contributed by atoms with E-state index < -0.39 is 18.1 Å². The normalized spacial score (nSPS) is 14.2. The van der Waals surface area contributed by atoms with Crippen molar-refractivity contribution in [2.75, 3.05) is 6.54 Å². The molecule has 1 unspecified atom stereocenters. The minimum absolute atomic E-state index is 0.0949. The maximum atomic E-state index is 11.4. The molecule has 94 valence electrons. The Hall–Kier alpha value is -0.940. The van der Waals surface area contributed by atoms with E-state index in [-0.39, 0.29) is 5.78 Å². The maximum absolute atomic E-state index is 11.4. The number of hydrogen-bond donors (Lipinski definition) is 2. The third-order valence-electron chi connectivity index (χ3n) is 2.37. The van der Waals surface area contributed by atoms with E-state index in [2.05, 4.69) is 0 Å². The van der Waals surface area contributed by atoms with Crippen molar-refractivity contribution in [1.82, 2.24) is 0 Å². The van der Waals surface area contributed by atoms with E-state index in [1.807, 2.05) is 0 Å². The molecule has 5 heteroatoms. The van der Waals surface area contributed by atoms with Crippen LogP contribution in [-0.2, 0) is 14.3 Å². The zero-order valence-electron chi connectivity index (χ0n) is 10.1. The molecule has 0 radical (unpaired) electrons. The van der Waals surface area contributed by atoms with E-state index in [9.17, 15) is 9.59 Å². The molecule has 0 heterocycles. The summed E-state index contributed by atoms with van der Waals surface area (Å²) in [5.74, 6) is -0.603. The highest BCUT2D eigenvalue weighted by Gasteiger charge is 2.20. The van der Waals surface area contributed by atoms with Gasteiger partial charge < -0.3 is 16.2 Å². The van der Waals surface area contributed by atoms with Gasteiger partial charge in [0.15, 0.2) is 11.9 Å². The van der Waals surface area contributed by atoms with Gasteiger partial charge in [0.05, 0.1) is 0 Å². The second-order valence-corrected chi connectivity index (χ2v) is 3.79. The third-order valence-corrected chi connectivity index (χ3v) is 2.37. The molecule has 0 aliphatic carbocycles. The fourth-order valence-corrected chi connectivity index (χ4v) is 1.24. The monoisotopic (exact) mass is 230 g/mol. The lowest BCUT2D eigenvalue weighted by Gasteiger charge is -2.15. The number of ether oxygens (including phenoxy) is 1. The number of hydrogen-bond acceptors (Lipinski definition) is 5. The summed E-state index contributed by atoms with van der Waals surface area (Å²) in [4.78, 5) is 22.6. The highest BCUT2D eigenvalue weighted by Crippen LogP contribution is 2.03. The summed E-state index contributed by atoms with van der Waals surface area (Å²) in [6, 6.07) is -0.654. The molecule has 0 saturated carbocycles. The van der Waals surface area contributed by atoms with Crippen molar-refractivity contribution < 1.29 is 14.3 Å². The minimum Gasteiger partial charge on any atom is -0.454 e. The van der Waals surface area contributed by atoms with Gasteiger partial charge >= 0.3 is 5.97 Å². The topological polar surface area (TPSA) is 95.4 Å². The van der Waals surface area contributed by atoms with Gasteiger partial charge in [-0.15, -0.1) is 0 Å². The number of unbranched alkanes of at least 4 members (excludes halogenated alkanes) is 1. The molecule has 0 saturated heterocycles. The lowest BCUT2D eigenvalue weighted by molar-refractivity contribution is -0.155. The second kappa shape index (κ2) is 8.24. The highest BCUT2D eigenvalue weighted by molar-refractivity contribution is 5.86. The van der Waals surface area contributed by atoms with Crippen LogP contribution in [0, 0.1) is 0 Å². The van der Waals surface area contributed by atoms with Crippen LogP contribution in [0.4, 0.5) is 0 Å². The van der Waals surface area contributed by atoms with Crippen LogP contribution in [0.1, 0.15) is 39.5 Å². The van der Waals surface area contributed by atoms with Crippen LogP contribution in [-0.4, -0.2) is 30.4 Å². The van der Waals surface area contributed by atoms with Crippen LogP contribution < -0.4 is 11.5 Å². The van der Waals surface area contributed by atoms with Crippen LogP contribution in [0.3, 0.4) is 0 Å². The van der Waals surface area contributed by atoms with Gasteiger partial charge in [-0.2, -0.15) is 0 Å². The van der Waals surface area contributed by atoms with Gasteiger partial charge in [-0.05, 0) is 26.3 Å². The Labute approximate surface area is 96.5 Å². The van der Waals surface area contributed by atoms with Crippen LogP contribution in [0.2, 0.25) is 0 Å². The number of esters is 1. The molecule has 0 fully saturated rings. The van der Waals surface area contributed by atoms with Crippen molar-refractivity contribution in [2.45, 2.75) is 51.7 Å². The third kappa shape index (κ3) is 5.82. The average molecular weight is 230 g/mol. The number of ketones is 1. The number of Topliss-reactive ketones (excluding diaryl/α,β-unsaturated/α-hetero) is 1. The fourth-order valence-electron chi connectivity index (χ4n) is 1.24. The Kier molecular flexibility index (Phi) is 7.76. The van der Waals surface area contributed by atoms with Crippen molar-refractivity contribution in [3.05, 3.63) is 0 Å². The quantitative estimate of drug-likeness (QED) is 0.463. The van der Waals surface area contributed by atoms with Crippen molar-refractivity contribution in [2.24, 2.45) is 11.5 Å². The largest absolute Gasteiger partial charge is 0.454 e. The van der Waals surface area contributed by atoms with Crippen LogP contribution in [0.15, 0.2) is 0 Å². The van der Waals surface area contributed by atoms with Crippen LogP contribution in [0.25, 0.3) is 0 Å². The molecule has 0 bridgehead atoms. The number of nitrogens with two attached hydrogens (primary N) is 2. The molecule has 0 aliphatic heterocycles. The Morgan fingerprint density at radius 2 is 1.94 bits per heavy atom. The second-order valence-electron chi connectivity index (χ2n) is 3.79. The molecule has 0 aromatic heterocycles. The lowest BCUT2D eigenvalue weighted by Crippen LogP contribution is -2.36. The van der Waals surface area contributed by atoms with Crippen LogP contribution in [0.5, 0.6) is 0 Å². The molecule has 2 atom stereocenters. The van der Waals surface area contributed by atoms with Gasteiger partial charge in [0.25, 0.3) is 0 Å². The van der Waals surface area contributed by atoms with Crippen molar-refractivity contribution >= 4 is 11.8 Å². The van der Waals surface area contributed by atoms with Gasteiger partial charge in [-0.1, -0.05) is 13.3 Å². The van der Waals surface area contributed by atoms with E-state index in [4.69, 9.17) is 16.2 Å². The Morgan fingerprint density at radius 3 is 2.44 bits per heavy atom. The molecule has 4 N–H and O–H groups in total. The summed E-state index contributed by atoms with van der Waals surface area (Å²) in [5, 5.41) is 0. The predicted molar refractivity (Wildman–Crippen MR) is 61.7 cm³/mol. The zero-order chi connectivity index (χ0) is 12.6. The fraction of sp³-hybridized carbons (Fsp3) is 0.818. The van der Waals surface area contributed by atoms with Gasteiger partial charge in [0.1, 0.15) is 6.04 Å². The minimum atomic E-state index is -0.696. The Balaban J connectivity index is 3.90. The van der Waals surface area contributed by atoms with Gasteiger partial charge in [-0.3, -0.25) is 9.59 Å². The highest BCUT2D eigenvalue weighted by atomic mass is 16.5. The summed E-state index contributed by atoms with van der Waals surface area (Å²) in [6.45, 7) is 3.89. The Morgan fingerprint density at radius 1 is 1.31 bits per heavy atom. The Bertz CT molecular complexity index is 231. The van der Waals surface area contributed by atoms with E-state index in [0.29, 0.717) is 19.4 Å². The predicted octanol–water partition coefficient (Wildman–Crippen LogP) is 0.354. The smallest absolute Gasteiger partial charge is 0.323 e. The molecule has 0 rings (SSSR count). The zero-order valence-corrected chi connectivity index (χ0v) is 10.1. The summed E-state index contributed by atoms with van der Waals surface area (Å²) >= 11 is 0. The first kappa shape index (κ1) is 15.1. The van der Waals surface area contributed by atoms with Gasteiger partial charge in [0, 0.05) is 6.42 Å². The first-order valence-electron chi connectivity index (χ1n) is 5.71. The lowest BCUT2D eigenvalue weighted by atomic mass is 10.1. The van der Waals surface area contributed by atoms with Crippen LogP contribution >= 0.6 is 0 Å². The first-order chi connectivity index (χ1) is 7.52. The van der Waals surface area contributed by atoms with Crippen molar-refractivity contribution in [1.29, 1.82) is 0 Å². The number of carbonyl (C=O) groups excluding carboxylic acids is 2. The van der Waals surface area contributed by atoms with E-state index in [1.165, 1.54) is 0 Å². The summed E-state index contributed by atoms with van der Waals surface area (Å²) in [7, 11) is 0. The molecule has 16 heavy (non-hydrogen) atoms. The SMILES string of the molecule is CCC(=O)C(C)OC(=O)[C@@H](N)CCCCN. The van der Waals surface area contributed by atoms with E-state index >= 15 is 0 Å². The van der Waals surface area contributed by atoms with Crippen molar-refractivity contribution in [3.8, 4) is 0 Å². The first-order valence-corrected chi connectivity index (χ1v) is 5.71. The molecule has 0 amide bonds. The van der Waals surface area contributed by atoms with Gasteiger partial charge in [0.2, 0.25) is 0 Å². The van der Waals surface area contributed by atoms with Gasteiger partial charge in [-0.25, -0.2) is 0 Å². The maximum Gasteiger partial charge on any atom is 0.323 e. The summed E-state index contributed by atoms with van der Waals surface area (Å²) in [5.41, 5.74) is 10.9. The molecule has 0 spiro atoms. The van der Waals surface area contributed by atoms with E-state index in [0.717, 1.165) is 12.8 Å². The molecule has 0 aromatic carbocycles. The average Bonchev–Trinajstić information content (AvgIpc) is 2.27. The molecule has 5 nitrogen and oxygen atoms in total. The summed E-state index contributed by atoms with van der Waals surface area (Å²) in [6.07, 6.45) is 1.84. The molecular formula is C11H22N2O3. The summed E-state index contributed by atoms with van der Waals surface area (Å²) < 4.78 is 4.95.